The van der Waals surface area contributed by atoms with Crippen molar-refractivity contribution in [2.45, 2.75) is 43.7 Å². The number of rotatable bonds is 11. The van der Waals surface area contributed by atoms with Crippen LogP contribution in [0.2, 0.25) is 0 Å². The first kappa shape index (κ1) is 28.5. The molecule has 0 spiro atoms. The van der Waals surface area contributed by atoms with Crippen LogP contribution in [-0.4, -0.2) is 60.7 Å². The number of aliphatic hydroxyl groups excluding tert-OH is 1. The molecule has 198 valence electrons. The van der Waals surface area contributed by atoms with Gasteiger partial charge in [0.05, 0.1) is 16.6 Å². The summed E-state index contributed by atoms with van der Waals surface area (Å²) in [5.74, 6) is -1.30. The normalized spacial score (nSPS) is 13.1. The number of β-amino-alcohol motifs (C(OH)–C–C–N with tert-alkyl or cyclic N) is 1. The van der Waals surface area contributed by atoms with Gasteiger partial charge in [-0.3, -0.25) is 0 Å². The molecule has 1 atom stereocenters. The molecule has 0 aliphatic rings. The monoisotopic (exact) mass is 528 g/mol. The van der Waals surface area contributed by atoms with Crippen LogP contribution in [0.1, 0.15) is 35.3 Å². The summed E-state index contributed by atoms with van der Waals surface area (Å²) < 4.78 is 41.3. The van der Waals surface area contributed by atoms with E-state index in [1.807, 2.05) is 19.9 Å². The van der Waals surface area contributed by atoms with E-state index < -0.39 is 27.6 Å². The van der Waals surface area contributed by atoms with Gasteiger partial charge in [0, 0.05) is 25.7 Å². The molecule has 0 heterocycles. The first-order valence-electron chi connectivity index (χ1n) is 11.9. The molecule has 0 aliphatic heterocycles. The highest BCUT2D eigenvalue weighted by Gasteiger charge is 2.25. The zero-order chi connectivity index (χ0) is 27.4. The minimum absolute atomic E-state index is 0.0664. The average molecular weight is 529 g/mol. The second-order valence-corrected chi connectivity index (χ2v) is 11.9. The molecule has 0 saturated heterocycles. The van der Waals surface area contributed by atoms with E-state index in [1.54, 1.807) is 37.3 Å². The average Bonchev–Trinajstić information content (AvgIpc) is 2.85. The molecule has 3 aromatic rings. The van der Waals surface area contributed by atoms with Crippen LogP contribution in [0.3, 0.4) is 0 Å². The predicted molar refractivity (Wildman–Crippen MR) is 142 cm³/mol. The third-order valence-corrected chi connectivity index (χ3v) is 7.99. The number of sulfonamides is 1. The summed E-state index contributed by atoms with van der Waals surface area (Å²) in [6, 6.07) is 17.7. The number of halogens is 1. The number of aliphatic hydroxyl groups is 1. The van der Waals surface area contributed by atoms with Crippen molar-refractivity contribution in [1.29, 1.82) is 0 Å². The van der Waals surface area contributed by atoms with Crippen LogP contribution in [0.5, 0.6) is 0 Å². The Morgan fingerprint density at radius 1 is 1.05 bits per heavy atom. The summed E-state index contributed by atoms with van der Waals surface area (Å²) in [4.78, 5) is 11.1. The summed E-state index contributed by atoms with van der Waals surface area (Å²) >= 11 is 0. The minimum Gasteiger partial charge on any atom is -0.478 e. The minimum atomic E-state index is -3.89. The number of carboxylic acid groups (broad SMARTS) is 1. The van der Waals surface area contributed by atoms with Crippen LogP contribution < -0.4 is 5.32 Å². The Morgan fingerprint density at radius 3 is 2.35 bits per heavy atom. The molecule has 3 aromatic carbocycles. The molecule has 0 bridgehead atoms. The highest BCUT2D eigenvalue weighted by atomic mass is 32.2. The maximum atomic E-state index is 13.9. The van der Waals surface area contributed by atoms with Crippen molar-refractivity contribution in [3.63, 3.8) is 0 Å². The lowest BCUT2D eigenvalue weighted by atomic mass is 9.94. The highest BCUT2D eigenvalue weighted by Crippen LogP contribution is 2.25. The van der Waals surface area contributed by atoms with Crippen LogP contribution >= 0.6 is 0 Å². The lowest BCUT2D eigenvalue weighted by Crippen LogP contribution is -2.47. The van der Waals surface area contributed by atoms with Gasteiger partial charge in [0.1, 0.15) is 5.82 Å². The van der Waals surface area contributed by atoms with Gasteiger partial charge in [0.25, 0.3) is 0 Å². The number of carbonyl (C=O) groups is 1. The zero-order valence-corrected chi connectivity index (χ0v) is 22.2. The number of aromatic carboxylic acids is 1. The smallest absolute Gasteiger partial charge is 0.335 e. The largest absolute Gasteiger partial charge is 0.478 e. The molecule has 0 radical (unpaired) electrons. The van der Waals surface area contributed by atoms with Crippen molar-refractivity contribution in [3.05, 3.63) is 89.2 Å². The molecule has 0 aromatic heterocycles. The molecular formula is C28H33FN2O5S. The van der Waals surface area contributed by atoms with Crippen LogP contribution in [0.4, 0.5) is 4.39 Å². The van der Waals surface area contributed by atoms with E-state index in [1.165, 1.54) is 37.4 Å². The van der Waals surface area contributed by atoms with E-state index in [4.69, 9.17) is 5.11 Å². The molecule has 0 amide bonds. The van der Waals surface area contributed by atoms with Gasteiger partial charge in [-0.05, 0) is 79.8 Å². The van der Waals surface area contributed by atoms with Crippen LogP contribution in [0.15, 0.2) is 71.6 Å². The van der Waals surface area contributed by atoms with E-state index in [0.717, 1.165) is 9.87 Å². The Hall–Kier alpha value is -3.11. The van der Waals surface area contributed by atoms with E-state index >= 15 is 0 Å². The standard InChI is InChI=1S/C28H33FN2O5S/c1-19-8-9-20(14-26(19)29)16-28(2,3)30-17-24(32)18-31(4)37(35,36)25-7-5-6-23(15-25)21-10-12-22(13-11-21)27(33)34/h5-15,24,30,32H,16-18H2,1-4H3,(H,33,34)/t24-/m1/s1. The van der Waals surface area contributed by atoms with Crippen molar-refractivity contribution >= 4 is 16.0 Å². The molecule has 3 N–H and O–H groups in total. The van der Waals surface area contributed by atoms with Crippen LogP contribution in [-0.2, 0) is 16.4 Å². The van der Waals surface area contributed by atoms with Gasteiger partial charge in [-0.25, -0.2) is 17.6 Å². The Balaban J connectivity index is 1.63. The molecule has 0 aliphatic carbocycles. The Labute approximate surface area is 217 Å². The number of nitrogens with zero attached hydrogens (tertiary/aromatic N) is 1. The first-order valence-corrected chi connectivity index (χ1v) is 13.3. The maximum Gasteiger partial charge on any atom is 0.335 e. The fourth-order valence-corrected chi connectivity index (χ4v) is 5.25. The molecule has 7 nitrogen and oxygen atoms in total. The van der Waals surface area contributed by atoms with Crippen molar-refractivity contribution in [2.75, 3.05) is 20.1 Å². The molecular weight excluding hydrogens is 495 g/mol. The quantitative estimate of drug-likeness (QED) is 0.346. The SMILES string of the molecule is Cc1ccc(CC(C)(C)NC[C@@H](O)CN(C)S(=O)(=O)c2cccc(-c3ccc(C(=O)O)cc3)c2)cc1F. The van der Waals surface area contributed by atoms with Gasteiger partial charge in [0.15, 0.2) is 0 Å². The van der Waals surface area contributed by atoms with Crippen LogP contribution in [0.25, 0.3) is 11.1 Å². The molecule has 9 heteroatoms. The fraction of sp³-hybridized carbons (Fsp3) is 0.321. The lowest BCUT2D eigenvalue weighted by molar-refractivity contribution is 0.0697. The first-order chi connectivity index (χ1) is 17.3. The molecule has 3 rings (SSSR count). The maximum absolute atomic E-state index is 13.9. The van der Waals surface area contributed by atoms with E-state index in [-0.39, 0.29) is 29.4 Å². The van der Waals surface area contributed by atoms with Gasteiger partial charge in [0.2, 0.25) is 10.0 Å². The van der Waals surface area contributed by atoms with E-state index in [2.05, 4.69) is 5.32 Å². The van der Waals surface area contributed by atoms with Gasteiger partial charge in [-0.15, -0.1) is 0 Å². The summed E-state index contributed by atoms with van der Waals surface area (Å²) in [6.45, 7) is 5.61. The Morgan fingerprint density at radius 2 is 1.73 bits per heavy atom. The fourth-order valence-electron chi connectivity index (χ4n) is 3.99. The number of aryl methyl sites for hydroxylation is 1. The highest BCUT2D eigenvalue weighted by molar-refractivity contribution is 7.89. The number of hydrogen-bond donors (Lipinski definition) is 3. The molecule has 37 heavy (non-hydrogen) atoms. The van der Waals surface area contributed by atoms with Crippen molar-refractivity contribution in [3.8, 4) is 11.1 Å². The number of hydrogen-bond acceptors (Lipinski definition) is 5. The van der Waals surface area contributed by atoms with Gasteiger partial charge in [-0.1, -0.05) is 36.4 Å². The van der Waals surface area contributed by atoms with E-state index in [0.29, 0.717) is 23.1 Å². The number of carboxylic acids is 1. The third kappa shape index (κ3) is 7.45. The van der Waals surface area contributed by atoms with Gasteiger partial charge < -0.3 is 15.5 Å². The summed E-state index contributed by atoms with van der Waals surface area (Å²) in [5.41, 5.74) is 2.41. The summed E-state index contributed by atoms with van der Waals surface area (Å²) in [6.07, 6.45) is -0.439. The van der Waals surface area contributed by atoms with E-state index in [9.17, 15) is 22.7 Å². The zero-order valence-electron chi connectivity index (χ0n) is 21.4. The van der Waals surface area contributed by atoms with Crippen molar-refractivity contribution < 1.29 is 27.8 Å². The topological polar surface area (TPSA) is 107 Å². The Bertz CT molecular complexity index is 1360. The number of nitrogens with one attached hydrogen (secondary N) is 1. The third-order valence-electron chi connectivity index (χ3n) is 6.17. The predicted octanol–water partition coefficient (Wildman–Crippen LogP) is 4.09. The summed E-state index contributed by atoms with van der Waals surface area (Å²) in [7, 11) is -2.48. The van der Waals surface area contributed by atoms with Crippen LogP contribution in [0, 0.1) is 12.7 Å². The number of benzene rings is 3. The van der Waals surface area contributed by atoms with Gasteiger partial charge >= 0.3 is 5.97 Å². The molecule has 0 saturated carbocycles. The summed E-state index contributed by atoms with van der Waals surface area (Å²) in [5, 5.41) is 22.9. The van der Waals surface area contributed by atoms with Crippen molar-refractivity contribution in [1.82, 2.24) is 9.62 Å². The van der Waals surface area contributed by atoms with Crippen molar-refractivity contribution in [2.24, 2.45) is 0 Å². The van der Waals surface area contributed by atoms with Gasteiger partial charge in [-0.2, -0.15) is 4.31 Å². The number of likely N-dealkylation sites (N-methyl/N-ethyl adjacent to an activating group) is 1. The second kappa shape index (κ2) is 11.5. The molecule has 0 fully saturated rings. The molecule has 0 unspecified atom stereocenters. The lowest BCUT2D eigenvalue weighted by Gasteiger charge is -2.29. The second-order valence-electron chi connectivity index (χ2n) is 9.87. The Kier molecular flexibility index (Phi) is 8.86.